The van der Waals surface area contributed by atoms with E-state index >= 15 is 0 Å². The van der Waals surface area contributed by atoms with Gasteiger partial charge in [0.2, 0.25) is 0 Å². The Kier molecular flexibility index (Phi) is 6.50. The number of aromatic nitrogens is 4. The van der Waals surface area contributed by atoms with E-state index < -0.39 is 5.54 Å². The average molecular weight is 549 g/mol. The fourth-order valence-electron chi connectivity index (χ4n) is 5.73. The minimum absolute atomic E-state index is 0.654. The molecule has 5 heteroatoms. The molecule has 0 aliphatic rings. The number of nitrogens with zero attached hydrogens (tertiary/aromatic N) is 4. The lowest BCUT2D eigenvalue weighted by Gasteiger charge is -2.36. The maximum Gasteiger partial charge on any atom is 0.140 e. The molecule has 0 atom stereocenters. The summed E-state index contributed by atoms with van der Waals surface area (Å²) in [7, 11) is 2.05. The first-order chi connectivity index (χ1) is 20.2. The highest BCUT2D eigenvalue weighted by molar-refractivity contribution is 7.99. The number of fused-ring (bicyclic) bond motifs is 1. The molecule has 3 aromatic heterocycles. The molecule has 4 nitrogen and oxygen atoms in total. The van der Waals surface area contributed by atoms with Gasteiger partial charge in [-0.2, -0.15) is 5.10 Å². The van der Waals surface area contributed by atoms with Crippen LogP contribution in [0.3, 0.4) is 0 Å². The second kappa shape index (κ2) is 10.6. The van der Waals surface area contributed by atoms with Crippen molar-refractivity contribution in [1.29, 1.82) is 0 Å². The lowest BCUT2D eigenvalue weighted by molar-refractivity contribution is 0.460. The van der Waals surface area contributed by atoms with E-state index in [0.717, 1.165) is 43.7 Å². The third-order valence-corrected chi connectivity index (χ3v) is 8.55. The molecule has 0 saturated carbocycles. The Morgan fingerprint density at radius 2 is 1.15 bits per heavy atom. The van der Waals surface area contributed by atoms with Crippen LogP contribution in [0.25, 0.3) is 22.2 Å². The second-order valence-electron chi connectivity index (χ2n) is 10.1. The van der Waals surface area contributed by atoms with E-state index in [1.54, 1.807) is 11.8 Å². The Labute approximate surface area is 243 Å². The summed E-state index contributed by atoms with van der Waals surface area (Å²) in [4.78, 5) is 7.14. The molecule has 0 saturated heterocycles. The van der Waals surface area contributed by atoms with Crippen molar-refractivity contribution in [1.82, 2.24) is 19.3 Å². The van der Waals surface area contributed by atoms with Gasteiger partial charge in [0, 0.05) is 51.9 Å². The first-order valence-electron chi connectivity index (χ1n) is 13.6. The summed E-state index contributed by atoms with van der Waals surface area (Å²) in [6.07, 6.45) is 8.28. The molecule has 0 fully saturated rings. The van der Waals surface area contributed by atoms with Gasteiger partial charge in [0.25, 0.3) is 0 Å². The molecule has 198 valence electrons. The van der Waals surface area contributed by atoms with Crippen molar-refractivity contribution in [3.05, 3.63) is 169 Å². The van der Waals surface area contributed by atoms with Crippen molar-refractivity contribution in [3.63, 3.8) is 0 Å². The summed E-state index contributed by atoms with van der Waals surface area (Å²) in [6, 6.07) is 44.6. The van der Waals surface area contributed by atoms with Gasteiger partial charge in [-0.3, -0.25) is 4.68 Å². The third-order valence-electron chi connectivity index (χ3n) is 7.58. The summed E-state index contributed by atoms with van der Waals surface area (Å²) in [5.41, 5.74) is 5.89. The molecule has 0 N–H and O–H groups in total. The largest absolute Gasteiger partial charge is 0.335 e. The van der Waals surface area contributed by atoms with E-state index in [1.807, 2.05) is 18.5 Å². The highest BCUT2D eigenvalue weighted by atomic mass is 32.2. The van der Waals surface area contributed by atoms with E-state index in [9.17, 15) is 0 Å². The fraction of sp³-hybridized carbons (Fsp3) is 0.0556. The minimum Gasteiger partial charge on any atom is -0.335 e. The summed E-state index contributed by atoms with van der Waals surface area (Å²) < 4.78 is 4.22. The molecule has 7 aromatic rings. The fourth-order valence-corrected chi connectivity index (χ4v) is 6.58. The molecule has 0 radical (unpaired) electrons. The SMILES string of the molecule is Cn1cc(-c2cnn(C(c3ccccc3)(c3ccccc3)c3ccccc3)c2)c2cc(Sc3ccccc3)cnc21. The Bertz CT molecular complexity index is 1810. The van der Waals surface area contributed by atoms with E-state index in [1.165, 1.54) is 4.90 Å². The zero-order valence-electron chi connectivity index (χ0n) is 22.6. The molecule has 7 rings (SSSR count). The molecule has 0 spiro atoms. The predicted octanol–water partition coefficient (Wildman–Crippen LogP) is 8.43. The molecule has 0 aliphatic carbocycles. The first kappa shape index (κ1) is 25.1. The van der Waals surface area contributed by atoms with Crippen molar-refractivity contribution in [2.75, 3.05) is 0 Å². The van der Waals surface area contributed by atoms with Gasteiger partial charge in [-0.05, 0) is 34.9 Å². The monoisotopic (exact) mass is 548 g/mol. The quantitative estimate of drug-likeness (QED) is 0.188. The van der Waals surface area contributed by atoms with Gasteiger partial charge in [-0.1, -0.05) is 121 Å². The first-order valence-corrected chi connectivity index (χ1v) is 14.5. The third kappa shape index (κ3) is 4.45. The summed E-state index contributed by atoms with van der Waals surface area (Å²) in [6.45, 7) is 0. The van der Waals surface area contributed by atoms with Crippen LogP contribution in [0.2, 0.25) is 0 Å². The molecule has 3 heterocycles. The molecule has 0 bridgehead atoms. The Hall–Kier alpha value is -4.87. The van der Waals surface area contributed by atoms with Crippen molar-refractivity contribution in [3.8, 4) is 11.1 Å². The molecule has 0 aliphatic heterocycles. The maximum atomic E-state index is 5.08. The molecule has 0 unspecified atom stereocenters. The van der Waals surface area contributed by atoms with Gasteiger partial charge >= 0.3 is 0 Å². The normalized spacial score (nSPS) is 11.6. The lowest BCUT2D eigenvalue weighted by atomic mass is 9.77. The van der Waals surface area contributed by atoms with Crippen LogP contribution < -0.4 is 0 Å². The number of pyridine rings is 1. The van der Waals surface area contributed by atoms with Crippen LogP contribution in [0.15, 0.2) is 162 Å². The van der Waals surface area contributed by atoms with Crippen LogP contribution in [0.5, 0.6) is 0 Å². The smallest absolute Gasteiger partial charge is 0.140 e. The summed E-state index contributed by atoms with van der Waals surface area (Å²) in [5, 5.41) is 6.19. The van der Waals surface area contributed by atoms with Crippen molar-refractivity contribution < 1.29 is 0 Å². The van der Waals surface area contributed by atoms with Crippen LogP contribution in [0, 0.1) is 0 Å². The van der Waals surface area contributed by atoms with Gasteiger partial charge in [0.15, 0.2) is 0 Å². The molecular formula is C36H28N4S. The highest BCUT2D eigenvalue weighted by Crippen LogP contribution is 2.42. The number of hydrogen-bond acceptors (Lipinski definition) is 3. The Balaban J connectivity index is 1.41. The zero-order chi connectivity index (χ0) is 27.6. The second-order valence-corrected chi connectivity index (χ2v) is 11.2. The van der Waals surface area contributed by atoms with Gasteiger partial charge in [0.05, 0.1) is 6.20 Å². The van der Waals surface area contributed by atoms with Crippen molar-refractivity contribution in [2.24, 2.45) is 7.05 Å². The van der Waals surface area contributed by atoms with E-state index in [4.69, 9.17) is 10.1 Å². The molecule has 0 amide bonds. The van der Waals surface area contributed by atoms with Crippen LogP contribution >= 0.6 is 11.8 Å². The van der Waals surface area contributed by atoms with Crippen molar-refractivity contribution >= 4 is 22.8 Å². The number of benzene rings is 4. The van der Waals surface area contributed by atoms with Crippen LogP contribution in [0.4, 0.5) is 0 Å². The van der Waals surface area contributed by atoms with Crippen LogP contribution in [0.1, 0.15) is 16.7 Å². The highest BCUT2D eigenvalue weighted by Gasteiger charge is 2.39. The topological polar surface area (TPSA) is 35.6 Å². The van der Waals surface area contributed by atoms with E-state index in [-0.39, 0.29) is 0 Å². The predicted molar refractivity (Wildman–Crippen MR) is 167 cm³/mol. The molecular weight excluding hydrogens is 520 g/mol. The minimum atomic E-state index is -0.654. The summed E-state index contributed by atoms with van der Waals surface area (Å²) in [5.74, 6) is 0. The van der Waals surface area contributed by atoms with Crippen LogP contribution in [-0.4, -0.2) is 19.3 Å². The van der Waals surface area contributed by atoms with Gasteiger partial charge in [0.1, 0.15) is 11.2 Å². The standard InChI is InChI=1S/C36H28N4S/c1-39-26-34(33-22-32(24-37-35(33)39)41-31-20-12-5-13-21-31)27-23-38-40(25-27)36(28-14-6-2-7-15-28,29-16-8-3-9-17-29)30-18-10-4-11-19-30/h2-26H,1H3. The van der Waals surface area contributed by atoms with E-state index in [2.05, 4.69) is 150 Å². The van der Waals surface area contributed by atoms with E-state index in [0.29, 0.717) is 0 Å². The Morgan fingerprint density at radius 1 is 0.610 bits per heavy atom. The zero-order valence-corrected chi connectivity index (χ0v) is 23.4. The number of aryl methyl sites for hydroxylation is 1. The lowest BCUT2D eigenvalue weighted by Crippen LogP contribution is -2.38. The average Bonchev–Trinajstić information content (AvgIpc) is 3.65. The molecule has 41 heavy (non-hydrogen) atoms. The van der Waals surface area contributed by atoms with Crippen molar-refractivity contribution in [2.45, 2.75) is 15.3 Å². The Morgan fingerprint density at radius 3 is 1.71 bits per heavy atom. The molecule has 4 aromatic carbocycles. The van der Waals surface area contributed by atoms with Gasteiger partial charge < -0.3 is 4.57 Å². The number of hydrogen-bond donors (Lipinski definition) is 0. The van der Waals surface area contributed by atoms with Gasteiger partial charge in [-0.25, -0.2) is 4.98 Å². The van der Waals surface area contributed by atoms with Gasteiger partial charge in [-0.15, -0.1) is 0 Å². The number of rotatable bonds is 7. The summed E-state index contributed by atoms with van der Waals surface area (Å²) >= 11 is 1.72. The van der Waals surface area contributed by atoms with Crippen LogP contribution in [-0.2, 0) is 12.6 Å². The maximum absolute atomic E-state index is 5.08.